The van der Waals surface area contributed by atoms with Crippen LogP contribution in [0.2, 0.25) is 0 Å². The summed E-state index contributed by atoms with van der Waals surface area (Å²) in [6, 6.07) is 20.4. The second kappa shape index (κ2) is 6.55. The lowest BCUT2D eigenvalue weighted by Crippen LogP contribution is -2.42. The van der Waals surface area contributed by atoms with E-state index in [1.165, 1.54) is 0 Å². The van der Waals surface area contributed by atoms with E-state index in [0.717, 1.165) is 30.6 Å². The Morgan fingerprint density at radius 2 is 1.57 bits per heavy atom. The topological polar surface area (TPSA) is 46.3 Å². The number of likely N-dealkylation sites (tertiary alicyclic amines) is 1. The predicted molar refractivity (Wildman–Crippen MR) is 93.1 cm³/mol. The largest absolute Gasteiger partial charge is 0.342 e. The molecule has 3 rings (SSSR count). The van der Waals surface area contributed by atoms with Crippen LogP contribution in [0.15, 0.2) is 60.7 Å². The molecule has 1 fully saturated rings. The molecule has 0 aromatic heterocycles. The molecular weight excluding hydrogens is 284 g/mol. The van der Waals surface area contributed by atoms with Crippen molar-refractivity contribution in [2.45, 2.75) is 18.8 Å². The number of hydrogen-bond acceptors (Lipinski definition) is 2. The van der Waals surface area contributed by atoms with Crippen molar-refractivity contribution in [1.29, 1.82) is 0 Å². The zero-order valence-corrected chi connectivity index (χ0v) is 13.6. The van der Waals surface area contributed by atoms with Crippen molar-refractivity contribution in [2.24, 2.45) is 11.7 Å². The van der Waals surface area contributed by atoms with Crippen LogP contribution in [-0.2, 0) is 10.2 Å². The summed E-state index contributed by atoms with van der Waals surface area (Å²) in [6.45, 7) is 4.15. The van der Waals surface area contributed by atoms with E-state index in [-0.39, 0.29) is 11.8 Å². The maximum atomic E-state index is 13.4. The van der Waals surface area contributed by atoms with E-state index in [1.54, 1.807) is 0 Å². The van der Waals surface area contributed by atoms with E-state index in [0.29, 0.717) is 6.54 Å². The zero-order valence-electron chi connectivity index (χ0n) is 13.6. The van der Waals surface area contributed by atoms with E-state index in [1.807, 2.05) is 48.2 Å². The molecule has 1 amide bonds. The number of amides is 1. The van der Waals surface area contributed by atoms with Crippen LogP contribution >= 0.6 is 0 Å². The fourth-order valence-corrected chi connectivity index (χ4v) is 3.98. The van der Waals surface area contributed by atoms with Gasteiger partial charge in [-0.25, -0.2) is 0 Å². The lowest BCUT2D eigenvalue weighted by atomic mass is 9.66. The maximum Gasteiger partial charge on any atom is 0.238 e. The summed E-state index contributed by atoms with van der Waals surface area (Å²) in [5.41, 5.74) is 7.42. The van der Waals surface area contributed by atoms with Gasteiger partial charge in [0.05, 0.1) is 0 Å². The second-order valence-electron chi connectivity index (χ2n) is 6.16. The summed E-state index contributed by atoms with van der Waals surface area (Å²) < 4.78 is 0. The van der Waals surface area contributed by atoms with Gasteiger partial charge in [-0.1, -0.05) is 60.7 Å². The molecule has 1 aliphatic heterocycles. The van der Waals surface area contributed by atoms with Gasteiger partial charge in [-0.3, -0.25) is 4.79 Å². The lowest BCUT2D eigenvalue weighted by molar-refractivity contribution is -0.131. The molecule has 2 aromatic rings. The van der Waals surface area contributed by atoms with Crippen molar-refractivity contribution in [2.75, 3.05) is 19.6 Å². The minimum absolute atomic E-state index is 0.199. The Labute approximate surface area is 138 Å². The summed E-state index contributed by atoms with van der Waals surface area (Å²) in [4.78, 5) is 15.4. The molecular formula is C20H24N2O. The Hall–Kier alpha value is -2.13. The van der Waals surface area contributed by atoms with Gasteiger partial charge in [-0.15, -0.1) is 0 Å². The van der Waals surface area contributed by atoms with Gasteiger partial charge in [0, 0.05) is 19.0 Å². The van der Waals surface area contributed by atoms with Gasteiger partial charge in [-0.2, -0.15) is 0 Å². The molecule has 0 aliphatic carbocycles. The van der Waals surface area contributed by atoms with E-state index in [4.69, 9.17) is 5.73 Å². The molecule has 3 nitrogen and oxygen atoms in total. The minimum atomic E-state index is -0.613. The van der Waals surface area contributed by atoms with Gasteiger partial charge in [0.2, 0.25) is 5.91 Å². The number of nitrogens with two attached hydrogens (primary N) is 1. The molecule has 0 radical (unpaired) electrons. The van der Waals surface area contributed by atoms with Crippen LogP contribution < -0.4 is 5.73 Å². The van der Waals surface area contributed by atoms with E-state index < -0.39 is 5.41 Å². The van der Waals surface area contributed by atoms with Gasteiger partial charge < -0.3 is 10.6 Å². The van der Waals surface area contributed by atoms with Gasteiger partial charge in [-0.05, 0) is 31.0 Å². The van der Waals surface area contributed by atoms with Crippen LogP contribution in [0.3, 0.4) is 0 Å². The Kier molecular flexibility index (Phi) is 4.49. The van der Waals surface area contributed by atoms with Crippen LogP contribution in [0, 0.1) is 5.92 Å². The number of likely N-dealkylation sites (N-methyl/N-ethyl adjacent to an activating group) is 1. The zero-order chi connectivity index (χ0) is 16.3. The number of carbonyl (C=O) groups is 1. The SMILES string of the molecule is CCN1CC(CCN)C(c2ccccc2)(c2ccccc2)C1=O. The summed E-state index contributed by atoms with van der Waals surface area (Å²) >= 11 is 0. The Bertz CT molecular complexity index is 614. The fraction of sp³-hybridized carbons (Fsp3) is 0.350. The molecule has 0 saturated carbocycles. The normalized spacial score (nSPS) is 20.0. The molecule has 1 unspecified atom stereocenters. The molecule has 1 saturated heterocycles. The Morgan fingerprint density at radius 3 is 2.00 bits per heavy atom. The van der Waals surface area contributed by atoms with E-state index >= 15 is 0 Å². The number of rotatable bonds is 5. The van der Waals surface area contributed by atoms with Crippen LogP contribution in [-0.4, -0.2) is 30.4 Å². The highest BCUT2D eigenvalue weighted by Crippen LogP contribution is 2.47. The molecule has 0 spiro atoms. The van der Waals surface area contributed by atoms with E-state index in [2.05, 4.69) is 24.3 Å². The third kappa shape index (κ3) is 2.45. The minimum Gasteiger partial charge on any atom is -0.342 e. The fourth-order valence-electron chi connectivity index (χ4n) is 3.98. The predicted octanol–water partition coefficient (Wildman–Crippen LogP) is 2.80. The molecule has 2 aromatic carbocycles. The average Bonchev–Trinajstić information content (AvgIpc) is 2.89. The number of hydrogen-bond donors (Lipinski definition) is 1. The first-order valence-corrected chi connectivity index (χ1v) is 8.35. The van der Waals surface area contributed by atoms with Gasteiger partial charge in [0.25, 0.3) is 0 Å². The standard InChI is InChI=1S/C20H24N2O/c1-2-22-15-18(13-14-21)20(19(22)23,16-9-5-3-6-10-16)17-11-7-4-8-12-17/h3-12,18H,2,13-15,21H2,1H3. The lowest BCUT2D eigenvalue weighted by Gasteiger charge is -2.34. The number of carbonyl (C=O) groups excluding carboxylic acids is 1. The highest BCUT2D eigenvalue weighted by Gasteiger charge is 2.55. The van der Waals surface area contributed by atoms with E-state index in [9.17, 15) is 4.79 Å². The second-order valence-corrected chi connectivity index (χ2v) is 6.16. The molecule has 3 heteroatoms. The van der Waals surface area contributed by atoms with Crippen molar-refractivity contribution >= 4 is 5.91 Å². The third-order valence-corrected chi connectivity index (χ3v) is 5.03. The Balaban J connectivity index is 2.24. The first-order valence-electron chi connectivity index (χ1n) is 8.35. The molecule has 0 bridgehead atoms. The molecule has 2 N–H and O–H groups in total. The summed E-state index contributed by atoms with van der Waals surface area (Å²) in [5.74, 6) is 0.403. The van der Waals surface area contributed by atoms with Gasteiger partial charge >= 0.3 is 0 Å². The molecule has 1 aliphatic rings. The quantitative estimate of drug-likeness (QED) is 0.923. The smallest absolute Gasteiger partial charge is 0.238 e. The van der Waals surface area contributed by atoms with Crippen LogP contribution in [0.5, 0.6) is 0 Å². The van der Waals surface area contributed by atoms with Crippen LogP contribution in [0.4, 0.5) is 0 Å². The number of nitrogens with zero attached hydrogens (tertiary/aromatic N) is 1. The summed E-state index contributed by atoms with van der Waals surface area (Å²) in [6.07, 6.45) is 0.839. The van der Waals surface area contributed by atoms with Crippen LogP contribution in [0.1, 0.15) is 24.5 Å². The van der Waals surface area contributed by atoms with Crippen molar-refractivity contribution in [3.63, 3.8) is 0 Å². The van der Waals surface area contributed by atoms with Crippen molar-refractivity contribution < 1.29 is 4.79 Å². The van der Waals surface area contributed by atoms with Gasteiger partial charge in [0.1, 0.15) is 5.41 Å². The molecule has 120 valence electrons. The Morgan fingerprint density at radius 1 is 1.04 bits per heavy atom. The van der Waals surface area contributed by atoms with Crippen molar-refractivity contribution in [3.8, 4) is 0 Å². The summed E-state index contributed by atoms with van der Waals surface area (Å²) in [7, 11) is 0. The molecule has 23 heavy (non-hydrogen) atoms. The van der Waals surface area contributed by atoms with Gasteiger partial charge in [0.15, 0.2) is 0 Å². The molecule has 1 atom stereocenters. The third-order valence-electron chi connectivity index (χ3n) is 5.03. The number of benzene rings is 2. The summed E-state index contributed by atoms with van der Waals surface area (Å²) in [5, 5.41) is 0. The average molecular weight is 308 g/mol. The maximum absolute atomic E-state index is 13.4. The first-order chi connectivity index (χ1) is 11.2. The highest BCUT2D eigenvalue weighted by molar-refractivity contribution is 5.94. The highest BCUT2D eigenvalue weighted by atomic mass is 16.2. The molecule has 1 heterocycles. The monoisotopic (exact) mass is 308 g/mol. The van der Waals surface area contributed by atoms with Crippen LogP contribution in [0.25, 0.3) is 0 Å². The first kappa shape index (κ1) is 15.8. The van der Waals surface area contributed by atoms with Crippen molar-refractivity contribution in [3.05, 3.63) is 71.8 Å². The van der Waals surface area contributed by atoms with Crippen molar-refractivity contribution in [1.82, 2.24) is 4.90 Å².